The normalized spacial score (nSPS) is 10.9. The van der Waals surface area contributed by atoms with Crippen LogP contribution >= 0.6 is 11.3 Å². The molecule has 120 valence electrons. The molecule has 21 heavy (non-hydrogen) atoms. The van der Waals surface area contributed by atoms with E-state index in [2.05, 4.69) is 35.6 Å². The molecular formula is C15H27N3O2S. The second kappa shape index (κ2) is 9.73. The lowest BCUT2D eigenvalue weighted by molar-refractivity contribution is 0.0520. The summed E-state index contributed by atoms with van der Waals surface area (Å²) in [5.74, 6) is -0.334. The zero-order valence-corrected chi connectivity index (χ0v) is 14.4. The molecule has 0 aromatic carbocycles. The Balaban J connectivity index is 2.54. The summed E-state index contributed by atoms with van der Waals surface area (Å²) < 4.78 is 4.98. The van der Waals surface area contributed by atoms with E-state index in [0.717, 1.165) is 44.3 Å². The van der Waals surface area contributed by atoms with Gasteiger partial charge in [-0.25, -0.2) is 9.78 Å². The number of aromatic nitrogens is 1. The van der Waals surface area contributed by atoms with E-state index < -0.39 is 0 Å². The molecule has 0 radical (unpaired) electrons. The Hall–Kier alpha value is -1.14. The predicted octanol–water partition coefficient (Wildman–Crippen LogP) is 2.88. The Morgan fingerprint density at radius 1 is 1.19 bits per heavy atom. The highest BCUT2D eigenvalue weighted by Gasteiger charge is 2.15. The first-order valence-electron chi connectivity index (χ1n) is 7.76. The van der Waals surface area contributed by atoms with Gasteiger partial charge in [0.25, 0.3) is 0 Å². The predicted molar refractivity (Wildman–Crippen MR) is 88.4 cm³/mol. The molecule has 0 spiro atoms. The summed E-state index contributed by atoms with van der Waals surface area (Å²) in [7, 11) is 0. The molecule has 1 heterocycles. The van der Waals surface area contributed by atoms with Gasteiger partial charge in [0.2, 0.25) is 0 Å². The average molecular weight is 313 g/mol. The van der Waals surface area contributed by atoms with Crippen molar-refractivity contribution in [3.63, 3.8) is 0 Å². The van der Waals surface area contributed by atoms with Gasteiger partial charge in [-0.05, 0) is 39.9 Å². The van der Waals surface area contributed by atoms with Crippen LogP contribution in [-0.2, 0) is 4.74 Å². The van der Waals surface area contributed by atoms with Gasteiger partial charge in [-0.3, -0.25) is 0 Å². The van der Waals surface area contributed by atoms with Crippen molar-refractivity contribution in [2.75, 3.05) is 44.2 Å². The minimum atomic E-state index is -0.334. The number of anilines is 1. The van der Waals surface area contributed by atoms with E-state index in [1.165, 1.54) is 11.3 Å². The molecule has 0 aliphatic carbocycles. The van der Waals surface area contributed by atoms with Crippen LogP contribution in [0.1, 0.15) is 44.6 Å². The Kier molecular flexibility index (Phi) is 8.30. The zero-order valence-electron chi connectivity index (χ0n) is 13.6. The lowest BCUT2D eigenvalue weighted by Gasteiger charge is -2.23. The first-order valence-corrected chi connectivity index (χ1v) is 8.64. The maximum absolute atomic E-state index is 11.6. The van der Waals surface area contributed by atoms with Crippen molar-refractivity contribution in [3.05, 3.63) is 11.1 Å². The van der Waals surface area contributed by atoms with Crippen molar-refractivity contribution in [1.29, 1.82) is 0 Å². The topological polar surface area (TPSA) is 45.7 Å². The highest BCUT2D eigenvalue weighted by molar-refractivity contribution is 7.13. The van der Waals surface area contributed by atoms with Gasteiger partial charge in [0.05, 0.1) is 6.61 Å². The zero-order chi connectivity index (χ0) is 15.7. The number of ether oxygens (including phenoxy) is 1. The van der Waals surface area contributed by atoms with Crippen molar-refractivity contribution in [3.8, 4) is 0 Å². The van der Waals surface area contributed by atoms with Gasteiger partial charge in [-0.1, -0.05) is 13.8 Å². The van der Waals surface area contributed by atoms with Crippen LogP contribution in [0.4, 0.5) is 5.13 Å². The molecule has 0 aliphatic rings. The van der Waals surface area contributed by atoms with Crippen LogP contribution < -0.4 is 4.90 Å². The van der Waals surface area contributed by atoms with Gasteiger partial charge in [0.1, 0.15) is 0 Å². The SMILES string of the molecule is CCOC(=O)c1csc(N(CC)CCCN(CC)CC)n1. The van der Waals surface area contributed by atoms with Crippen molar-refractivity contribution in [2.24, 2.45) is 0 Å². The highest BCUT2D eigenvalue weighted by Crippen LogP contribution is 2.21. The Morgan fingerprint density at radius 2 is 1.90 bits per heavy atom. The molecular weight excluding hydrogens is 286 g/mol. The van der Waals surface area contributed by atoms with E-state index in [1.807, 2.05) is 0 Å². The Morgan fingerprint density at radius 3 is 2.48 bits per heavy atom. The van der Waals surface area contributed by atoms with E-state index in [1.54, 1.807) is 12.3 Å². The molecule has 5 nitrogen and oxygen atoms in total. The fourth-order valence-corrected chi connectivity index (χ4v) is 3.01. The van der Waals surface area contributed by atoms with Gasteiger partial charge in [0, 0.05) is 18.5 Å². The van der Waals surface area contributed by atoms with Gasteiger partial charge in [-0.15, -0.1) is 11.3 Å². The molecule has 0 fully saturated rings. The summed E-state index contributed by atoms with van der Waals surface area (Å²) >= 11 is 1.51. The monoisotopic (exact) mass is 313 g/mol. The van der Waals surface area contributed by atoms with Crippen LogP contribution in [0.15, 0.2) is 5.38 Å². The van der Waals surface area contributed by atoms with E-state index >= 15 is 0 Å². The molecule has 0 unspecified atom stereocenters. The number of rotatable bonds is 10. The maximum atomic E-state index is 11.6. The number of thiazole rings is 1. The molecule has 0 N–H and O–H groups in total. The number of hydrogen-bond acceptors (Lipinski definition) is 6. The van der Waals surface area contributed by atoms with E-state index in [-0.39, 0.29) is 5.97 Å². The molecule has 0 atom stereocenters. The molecule has 1 aromatic heterocycles. The largest absolute Gasteiger partial charge is 0.461 e. The smallest absolute Gasteiger partial charge is 0.357 e. The van der Waals surface area contributed by atoms with E-state index in [4.69, 9.17) is 4.74 Å². The number of hydrogen-bond donors (Lipinski definition) is 0. The molecule has 0 amide bonds. The quantitative estimate of drug-likeness (QED) is 0.622. The van der Waals surface area contributed by atoms with Crippen LogP contribution in [0, 0.1) is 0 Å². The average Bonchev–Trinajstić information content (AvgIpc) is 2.98. The van der Waals surface area contributed by atoms with Crippen LogP contribution in [0.5, 0.6) is 0 Å². The fourth-order valence-electron chi connectivity index (χ4n) is 2.12. The maximum Gasteiger partial charge on any atom is 0.357 e. The number of carbonyl (C=O) groups is 1. The van der Waals surface area contributed by atoms with E-state index in [9.17, 15) is 4.79 Å². The molecule has 0 aliphatic heterocycles. The Labute approximate surface area is 131 Å². The van der Waals surface area contributed by atoms with Crippen LogP contribution in [0.3, 0.4) is 0 Å². The lowest BCUT2D eigenvalue weighted by Crippen LogP contribution is -2.30. The fraction of sp³-hybridized carbons (Fsp3) is 0.733. The van der Waals surface area contributed by atoms with Gasteiger partial charge < -0.3 is 14.5 Å². The van der Waals surface area contributed by atoms with Crippen LogP contribution in [0.25, 0.3) is 0 Å². The van der Waals surface area contributed by atoms with Crippen molar-refractivity contribution in [2.45, 2.75) is 34.1 Å². The minimum absolute atomic E-state index is 0.334. The van der Waals surface area contributed by atoms with Crippen molar-refractivity contribution in [1.82, 2.24) is 9.88 Å². The molecule has 1 rings (SSSR count). The molecule has 1 aromatic rings. The first-order chi connectivity index (χ1) is 10.2. The van der Waals surface area contributed by atoms with Crippen molar-refractivity contribution >= 4 is 22.4 Å². The third-order valence-corrected chi connectivity index (χ3v) is 4.33. The van der Waals surface area contributed by atoms with E-state index in [0.29, 0.717) is 12.3 Å². The summed E-state index contributed by atoms with van der Waals surface area (Å²) in [4.78, 5) is 20.7. The summed E-state index contributed by atoms with van der Waals surface area (Å²) in [6.45, 7) is 13.8. The third kappa shape index (κ3) is 5.63. The molecule has 0 saturated carbocycles. The lowest BCUT2D eigenvalue weighted by atomic mass is 10.3. The first kappa shape index (κ1) is 17.9. The standard InChI is InChI=1S/C15H27N3O2S/c1-5-17(6-2)10-9-11-18(7-3)15-16-13(12-21-15)14(19)20-8-4/h12H,5-11H2,1-4H3. The van der Waals surface area contributed by atoms with Gasteiger partial charge in [0.15, 0.2) is 10.8 Å². The third-order valence-electron chi connectivity index (χ3n) is 3.43. The second-order valence-corrected chi connectivity index (χ2v) is 5.53. The Bertz CT molecular complexity index is 419. The van der Waals surface area contributed by atoms with Gasteiger partial charge in [-0.2, -0.15) is 0 Å². The summed E-state index contributed by atoms with van der Waals surface area (Å²) in [5, 5.41) is 2.68. The summed E-state index contributed by atoms with van der Waals surface area (Å²) in [6, 6.07) is 0. The molecule has 0 bridgehead atoms. The highest BCUT2D eigenvalue weighted by atomic mass is 32.1. The molecule has 0 saturated heterocycles. The van der Waals surface area contributed by atoms with Crippen LogP contribution in [-0.4, -0.2) is 55.2 Å². The van der Waals surface area contributed by atoms with Crippen LogP contribution in [0.2, 0.25) is 0 Å². The molecule has 6 heteroatoms. The summed E-state index contributed by atoms with van der Waals surface area (Å²) in [6.07, 6.45) is 1.10. The second-order valence-electron chi connectivity index (χ2n) is 4.70. The van der Waals surface area contributed by atoms with Gasteiger partial charge >= 0.3 is 5.97 Å². The summed E-state index contributed by atoms with van der Waals surface area (Å²) in [5.41, 5.74) is 0.416. The minimum Gasteiger partial charge on any atom is -0.461 e. The number of carbonyl (C=O) groups excluding carboxylic acids is 1. The number of esters is 1. The van der Waals surface area contributed by atoms with Crippen molar-refractivity contribution < 1.29 is 9.53 Å². The number of nitrogens with zero attached hydrogens (tertiary/aromatic N) is 3.